The largest absolute Gasteiger partial charge is 0.491 e. The van der Waals surface area contributed by atoms with Crippen molar-refractivity contribution in [3.05, 3.63) is 59.9 Å². The van der Waals surface area contributed by atoms with Crippen molar-refractivity contribution in [2.75, 3.05) is 18.5 Å². The minimum atomic E-state index is -0.546. The second kappa shape index (κ2) is 7.24. The third kappa shape index (κ3) is 4.07. The van der Waals surface area contributed by atoms with Gasteiger partial charge in [-0.3, -0.25) is 4.79 Å². The van der Waals surface area contributed by atoms with E-state index in [4.69, 9.17) is 9.47 Å². The molecule has 120 valence electrons. The Labute approximate surface area is 134 Å². The van der Waals surface area contributed by atoms with Crippen LogP contribution in [-0.4, -0.2) is 25.2 Å². The van der Waals surface area contributed by atoms with Crippen LogP contribution in [0, 0.1) is 5.82 Å². The van der Waals surface area contributed by atoms with Gasteiger partial charge in [-0.15, -0.1) is 0 Å². The number of carbonyl (C=O) groups is 1. The molecular formula is C18H18FNO3. The Morgan fingerprint density at radius 2 is 2.13 bits per heavy atom. The van der Waals surface area contributed by atoms with Gasteiger partial charge >= 0.3 is 0 Å². The highest BCUT2D eigenvalue weighted by Crippen LogP contribution is 2.20. The molecule has 5 heteroatoms. The molecule has 1 N–H and O–H groups in total. The van der Waals surface area contributed by atoms with Crippen molar-refractivity contribution in [2.45, 2.75) is 18.9 Å². The molecule has 0 aliphatic carbocycles. The molecule has 1 heterocycles. The molecule has 1 aliphatic rings. The second-order valence-electron chi connectivity index (χ2n) is 5.41. The van der Waals surface area contributed by atoms with Gasteiger partial charge in [-0.1, -0.05) is 18.2 Å². The first-order chi connectivity index (χ1) is 11.2. The van der Waals surface area contributed by atoms with Crippen LogP contribution in [0.1, 0.15) is 23.2 Å². The van der Waals surface area contributed by atoms with Gasteiger partial charge in [0.1, 0.15) is 18.2 Å². The van der Waals surface area contributed by atoms with E-state index in [-0.39, 0.29) is 11.7 Å². The average Bonchev–Trinajstić information content (AvgIpc) is 3.07. The zero-order valence-electron chi connectivity index (χ0n) is 12.6. The standard InChI is InChI=1S/C18H18FNO3/c19-17-9-2-1-8-16(17)18(21)20-13-5-3-6-14(11-13)23-12-15-7-4-10-22-15/h1-3,5-6,8-9,11,15H,4,7,10,12H2,(H,20,21)/t15-/m0/s1. The molecular weight excluding hydrogens is 297 g/mol. The van der Waals surface area contributed by atoms with Gasteiger partial charge in [0.25, 0.3) is 5.91 Å². The van der Waals surface area contributed by atoms with E-state index in [2.05, 4.69) is 5.32 Å². The molecule has 1 saturated heterocycles. The molecule has 3 rings (SSSR count). The van der Waals surface area contributed by atoms with Crippen molar-refractivity contribution in [1.29, 1.82) is 0 Å². The Kier molecular flexibility index (Phi) is 4.88. The number of anilines is 1. The third-order valence-electron chi connectivity index (χ3n) is 3.67. The van der Waals surface area contributed by atoms with Crippen molar-refractivity contribution in [3.63, 3.8) is 0 Å². The zero-order chi connectivity index (χ0) is 16.1. The molecule has 4 nitrogen and oxygen atoms in total. The van der Waals surface area contributed by atoms with Crippen LogP contribution in [0.2, 0.25) is 0 Å². The van der Waals surface area contributed by atoms with Gasteiger partial charge in [0, 0.05) is 18.4 Å². The highest BCUT2D eigenvalue weighted by atomic mass is 19.1. The lowest BCUT2D eigenvalue weighted by molar-refractivity contribution is 0.0680. The van der Waals surface area contributed by atoms with E-state index in [9.17, 15) is 9.18 Å². The van der Waals surface area contributed by atoms with Gasteiger partial charge in [-0.05, 0) is 37.1 Å². The van der Waals surface area contributed by atoms with Crippen LogP contribution in [0.5, 0.6) is 5.75 Å². The monoisotopic (exact) mass is 315 g/mol. The maximum atomic E-state index is 13.6. The Balaban J connectivity index is 1.63. The molecule has 0 aromatic heterocycles. The van der Waals surface area contributed by atoms with Crippen molar-refractivity contribution >= 4 is 11.6 Å². The summed E-state index contributed by atoms with van der Waals surface area (Å²) in [6.45, 7) is 1.28. The number of halogens is 1. The number of hydrogen-bond acceptors (Lipinski definition) is 3. The van der Waals surface area contributed by atoms with Crippen molar-refractivity contribution in [3.8, 4) is 5.75 Å². The summed E-state index contributed by atoms with van der Waals surface area (Å²) >= 11 is 0. The fraction of sp³-hybridized carbons (Fsp3) is 0.278. The summed E-state index contributed by atoms with van der Waals surface area (Å²) in [5, 5.41) is 2.68. The van der Waals surface area contributed by atoms with Gasteiger partial charge < -0.3 is 14.8 Å². The van der Waals surface area contributed by atoms with E-state index >= 15 is 0 Å². The number of amides is 1. The van der Waals surface area contributed by atoms with Crippen molar-refractivity contribution in [1.82, 2.24) is 0 Å². The quantitative estimate of drug-likeness (QED) is 0.916. The van der Waals surface area contributed by atoms with Crippen LogP contribution in [0.25, 0.3) is 0 Å². The van der Waals surface area contributed by atoms with Crippen LogP contribution >= 0.6 is 0 Å². The van der Waals surface area contributed by atoms with Gasteiger partial charge in [0.2, 0.25) is 0 Å². The number of hydrogen-bond donors (Lipinski definition) is 1. The summed E-state index contributed by atoms with van der Waals surface area (Å²) in [5.41, 5.74) is 0.571. The molecule has 2 aromatic rings. The maximum Gasteiger partial charge on any atom is 0.258 e. The number of nitrogens with one attached hydrogen (secondary N) is 1. The smallest absolute Gasteiger partial charge is 0.258 e. The lowest BCUT2D eigenvalue weighted by Gasteiger charge is -2.12. The van der Waals surface area contributed by atoms with E-state index in [0.29, 0.717) is 18.0 Å². The van der Waals surface area contributed by atoms with Crippen LogP contribution < -0.4 is 10.1 Å². The SMILES string of the molecule is O=C(Nc1cccc(OC[C@@H]2CCCO2)c1)c1ccccc1F. The Hall–Kier alpha value is -2.40. The average molecular weight is 315 g/mol. The number of benzene rings is 2. The topological polar surface area (TPSA) is 47.6 Å². The zero-order valence-corrected chi connectivity index (χ0v) is 12.6. The van der Waals surface area contributed by atoms with E-state index < -0.39 is 11.7 Å². The predicted molar refractivity (Wildman–Crippen MR) is 85.3 cm³/mol. The van der Waals surface area contributed by atoms with Crippen LogP contribution in [0.4, 0.5) is 10.1 Å². The Morgan fingerprint density at radius 3 is 2.91 bits per heavy atom. The summed E-state index contributed by atoms with van der Waals surface area (Å²) in [6, 6.07) is 12.9. The Morgan fingerprint density at radius 1 is 1.26 bits per heavy atom. The molecule has 1 amide bonds. The minimum absolute atomic E-state index is 0.0122. The lowest BCUT2D eigenvalue weighted by atomic mass is 10.2. The molecule has 2 aromatic carbocycles. The summed E-state index contributed by atoms with van der Waals surface area (Å²) in [6.07, 6.45) is 2.20. The maximum absolute atomic E-state index is 13.6. The van der Waals surface area contributed by atoms with E-state index in [1.807, 2.05) is 6.07 Å². The van der Waals surface area contributed by atoms with Crippen LogP contribution in [0.3, 0.4) is 0 Å². The fourth-order valence-corrected chi connectivity index (χ4v) is 2.47. The molecule has 1 fully saturated rings. The first kappa shape index (κ1) is 15.5. The molecule has 1 atom stereocenters. The predicted octanol–water partition coefficient (Wildman–Crippen LogP) is 3.64. The van der Waals surface area contributed by atoms with Gasteiger partial charge in [0.05, 0.1) is 11.7 Å². The minimum Gasteiger partial charge on any atom is -0.491 e. The second-order valence-corrected chi connectivity index (χ2v) is 5.41. The Bertz CT molecular complexity index is 683. The van der Waals surface area contributed by atoms with Crippen molar-refractivity contribution < 1.29 is 18.7 Å². The highest BCUT2D eigenvalue weighted by Gasteiger charge is 2.16. The molecule has 0 unspecified atom stereocenters. The first-order valence-electron chi connectivity index (χ1n) is 7.63. The van der Waals surface area contributed by atoms with E-state index in [1.54, 1.807) is 30.3 Å². The van der Waals surface area contributed by atoms with Gasteiger partial charge in [-0.25, -0.2) is 4.39 Å². The van der Waals surface area contributed by atoms with Gasteiger partial charge in [0.15, 0.2) is 0 Å². The molecule has 23 heavy (non-hydrogen) atoms. The molecule has 0 radical (unpaired) electrons. The van der Waals surface area contributed by atoms with E-state index in [0.717, 1.165) is 19.4 Å². The fourth-order valence-electron chi connectivity index (χ4n) is 2.47. The molecule has 0 saturated carbocycles. The van der Waals surface area contributed by atoms with Gasteiger partial charge in [-0.2, -0.15) is 0 Å². The van der Waals surface area contributed by atoms with E-state index in [1.165, 1.54) is 12.1 Å². The summed E-state index contributed by atoms with van der Waals surface area (Å²) in [4.78, 5) is 12.1. The summed E-state index contributed by atoms with van der Waals surface area (Å²) < 4.78 is 24.8. The first-order valence-corrected chi connectivity index (χ1v) is 7.63. The molecule has 1 aliphatic heterocycles. The molecule has 0 spiro atoms. The van der Waals surface area contributed by atoms with Crippen LogP contribution in [0.15, 0.2) is 48.5 Å². The summed E-state index contributed by atoms with van der Waals surface area (Å²) in [5.74, 6) is -0.387. The van der Waals surface area contributed by atoms with Crippen LogP contribution in [-0.2, 0) is 4.74 Å². The lowest BCUT2D eigenvalue weighted by Crippen LogP contribution is -2.16. The number of carbonyl (C=O) groups excluding carboxylic acids is 1. The summed E-state index contributed by atoms with van der Waals surface area (Å²) in [7, 11) is 0. The number of ether oxygens (including phenoxy) is 2. The third-order valence-corrected chi connectivity index (χ3v) is 3.67. The van der Waals surface area contributed by atoms with Crippen molar-refractivity contribution in [2.24, 2.45) is 0 Å². The molecule has 0 bridgehead atoms. The highest BCUT2D eigenvalue weighted by molar-refractivity contribution is 6.04. The number of rotatable bonds is 5. The normalized spacial score (nSPS) is 17.0.